The van der Waals surface area contributed by atoms with Gasteiger partial charge < -0.3 is 14.6 Å². The van der Waals surface area contributed by atoms with E-state index in [1.807, 2.05) is 0 Å². The van der Waals surface area contributed by atoms with E-state index in [0.717, 1.165) is 18.9 Å². The average Bonchev–Trinajstić information content (AvgIpc) is 3.45. The molecule has 0 spiro atoms. The molecule has 5 rings (SSSR count). The number of allylic oxidation sites excluding steroid dienone is 4. The quantitative estimate of drug-likeness (QED) is 0.545. The van der Waals surface area contributed by atoms with E-state index < -0.39 is 82.6 Å². The molecule has 0 aromatic heterocycles. The van der Waals surface area contributed by atoms with E-state index in [0.29, 0.717) is 12.8 Å². The zero-order chi connectivity index (χ0) is 27.0. The Morgan fingerprint density at radius 2 is 1.84 bits per heavy atom. The third-order valence-electron chi connectivity index (χ3n) is 10.6. The summed E-state index contributed by atoms with van der Waals surface area (Å²) in [5.41, 5.74) is -7.19. The highest BCUT2D eigenvalue weighted by Gasteiger charge is 2.78. The molecular formula is C28H35F3O6. The third-order valence-corrected chi connectivity index (χ3v) is 10.6. The molecule has 204 valence electrons. The van der Waals surface area contributed by atoms with Gasteiger partial charge in [0.05, 0.1) is 12.0 Å². The fourth-order valence-corrected chi connectivity index (χ4v) is 8.78. The molecule has 0 unspecified atom stereocenters. The van der Waals surface area contributed by atoms with E-state index in [4.69, 9.17) is 9.47 Å². The molecule has 5 aliphatic rings. The number of alkyl halides is 3. The van der Waals surface area contributed by atoms with Gasteiger partial charge in [-0.05, 0) is 62.7 Å². The van der Waals surface area contributed by atoms with Gasteiger partial charge in [-0.2, -0.15) is 0 Å². The maximum Gasteiger partial charge on any atom is 0.353 e. The topological polar surface area (TPSA) is 89.9 Å². The van der Waals surface area contributed by atoms with Gasteiger partial charge in [-0.3, -0.25) is 9.59 Å². The lowest BCUT2D eigenvalue weighted by molar-refractivity contribution is -0.241. The van der Waals surface area contributed by atoms with Crippen molar-refractivity contribution in [3.63, 3.8) is 0 Å². The first-order valence-electron chi connectivity index (χ1n) is 13.3. The molecule has 0 aliphatic heterocycles. The molecule has 0 aromatic rings. The van der Waals surface area contributed by atoms with Crippen molar-refractivity contribution in [1.82, 2.24) is 0 Å². The molecule has 0 amide bonds. The molecule has 6 nitrogen and oxygen atoms in total. The molecule has 9 heteroatoms. The molecule has 0 radical (unpaired) electrons. The van der Waals surface area contributed by atoms with E-state index in [1.54, 1.807) is 13.8 Å². The maximum atomic E-state index is 17.4. The second kappa shape index (κ2) is 8.68. The number of fused-ring (bicyclic) bond motifs is 5. The van der Waals surface area contributed by atoms with E-state index in [1.165, 1.54) is 19.1 Å². The number of ether oxygens (including phenoxy) is 2. The molecule has 4 fully saturated rings. The van der Waals surface area contributed by atoms with E-state index >= 15 is 8.78 Å². The van der Waals surface area contributed by atoms with Crippen LogP contribution in [0.3, 0.4) is 0 Å². The Hall–Kier alpha value is -2.16. The molecule has 0 bridgehead atoms. The number of carbonyl (C=O) groups excluding carboxylic acids is 3. The number of esters is 2. The predicted molar refractivity (Wildman–Crippen MR) is 126 cm³/mol. The van der Waals surface area contributed by atoms with Crippen LogP contribution in [0.2, 0.25) is 0 Å². The molecule has 0 aromatic carbocycles. The first kappa shape index (κ1) is 26.4. The summed E-state index contributed by atoms with van der Waals surface area (Å²) in [6.07, 6.45) is 2.90. The number of hydrogen-bond acceptors (Lipinski definition) is 6. The van der Waals surface area contributed by atoms with E-state index in [9.17, 15) is 23.9 Å². The fraction of sp³-hybridized carbons (Fsp3) is 0.750. The van der Waals surface area contributed by atoms with Crippen molar-refractivity contribution in [1.29, 1.82) is 0 Å². The number of carbonyl (C=O) groups is 3. The minimum absolute atomic E-state index is 0.00297. The second-order valence-corrected chi connectivity index (χ2v) is 12.2. The summed E-state index contributed by atoms with van der Waals surface area (Å²) < 4.78 is 57.2. The number of halogens is 3. The Morgan fingerprint density at radius 3 is 2.49 bits per heavy atom. The lowest BCUT2D eigenvalue weighted by Crippen LogP contribution is -2.71. The van der Waals surface area contributed by atoms with Gasteiger partial charge in [0.25, 0.3) is 0 Å². The van der Waals surface area contributed by atoms with Crippen LogP contribution < -0.4 is 0 Å². The minimum atomic E-state index is -2.34. The second-order valence-electron chi connectivity index (χ2n) is 12.2. The van der Waals surface area contributed by atoms with Crippen molar-refractivity contribution in [2.24, 2.45) is 34.5 Å². The van der Waals surface area contributed by atoms with Crippen LogP contribution >= 0.6 is 0 Å². The lowest BCUT2D eigenvalue weighted by Gasteiger charge is -2.63. The Bertz CT molecular complexity index is 1070. The van der Waals surface area contributed by atoms with Crippen molar-refractivity contribution in [3.05, 3.63) is 23.8 Å². The molecule has 0 heterocycles. The van der Waals surface area contributed by atoms with Gasteiger partial charge in [0, 0.05) is 22.7 Å². The van der Waals surface area contributed by atoms with Gasteiger partial charge in [0.1, 0.15) is 6.17 Å². The molecule has 5 aliphatic carbocycles. The fourth-order valence-electron chi connectivity index (χ4n) is 8.78. The van der Waals surface area contributed by atoms with Crippen LogP contribution in [0.4, 0.5) is 13.2 Å². The summed E-state index contributed by atoms with van der Waals surface area (Å²) in [6.45, 7) is 3.40. The SMILES string of the molecule is C[C@@H]1C[C@H]2[C@@H]3C[C@H](F)C4=CC(=O)C=C[C@]4(C)[C@@]3(F)[C@@H](O)C[C@]2(C)[C@@]1(OC(=O)C1CCCC1)C(=O)OCF. The summed E-state index contributed by atoms with van der Waals surface area (Å²) in [5.74, 6) is -4.89. The zero-order valence-electron chi connectivity index (χ0n) is 21.5. The van der Waals surface area contributed by atoms with Gasteiger partial charge in [-0.25, -0.2) is 18.0 Å². The largest absolute Gasteiger partial charge is 0.446 e. The van der Waals surface area contributed by atoms with Crippen LogP contribution in [0.1, 0.15) is 65.7 Å². The summed E-state index contributed by atoms with van der Waals surface area (Å²) in [5, 5.41) is 11.5. The maximum absolute atomic E-state index is 17.4. The van der Waals surface area contributed by atoms with Gasteiger partial charge >= 0.3 is 11.9 Å². The van der Waals surface area contributed by atoms with Crippen LogP contribution in [-0.4, -0.2) is 53.2 Å². The first-order valence-corrected chi connectivity index (χ1v) is 13.3. The Kier molecular flexibility index (Phi) is 6.20. The summed E-state index contributed by atoms with van der Waals surface area (Å²) in [6, 6.07) is 0. The van der Waals surface area contributed by atoms with Crippen molar-refractivity contribution < 1.29 is 42.1 Å². The van der Waals surface area contributed by atoms with Gasteiger partial charge in [-0.15, -0.1) is 0 Å². The van der Waals surface area contributed by atoms with Gasteiger partial charge in [0.2, 0.25) is 12.5 Å². The molecular weight excluding hydrogens is 489 g/mol. The van der Waals surface area contributed by atoms with Crippen molar-refractivity contribution in [2.45, 2.75) is 89.3 Å². The Balaban J connectivity index is 1.61. The minimum Gasteiger partial charge on any atom is -0.446 e. The zero-order valence-corrected chi connectivity index (χ0v) is 21.5. The van der Waals surface area contributed by atoms with Crippen molar-refractivity contribution in [2.75, 3.05) is 6.86 Å². The van der Waals surface area contributed by atoms with Crippen molar-refractivity contribution >= 4 is 17.7 Å². The van der Waals surface area contributed by atoms with E-state index in [-0.39, 0.29) is 24.8 Å². The van der Waals surface area contributed by atoms with Crippen LogP contribution in [0.25, 0.3) is 0 Å². The molecule has 1 N–H and O–H groups in total. The Morgan fingerprint density at radius 1 is 1.16 bits per heavy atom. The average molecular weight is 525 g/mol. The van der Waals surface area contributed by atoms with E-state index in [2.05, 4.69) is 0 Å². The van der Waals surface area contributed by atoms with Crippen LogP contribution in [0, 0.1) is 34.5 Å². The van der Waals surface area contributed by atoms with Crippen LogP contribution in [-0.2, 0) is 23.9 Å². The standard InChI is InChI=1S/C28H35F3O6/c1-15-10-18-19-12-21(30)20-11-17(32)8-9-25(20,2)27(19,31)22(33)13-26(18,3)28(15,24(35)36-14-29)37-23(34)16-6-4-5-7-16/h8-9,11,15-16,18-19,21-22,33H,4-7,10,12-14H2,1-3H3/t15-,18+,19+,21+,22+,25+,26+,27+,28+/m1/s1. The number of rotatable bonds is 4. The number of aliphatic hydroxyl groups excluding tert-OH is 1. The van der Waals surface area contributed by atoms with Crippen LogP contribution in [0.5, 0.6) is 0 Å². The Labute approximate surface area is 214 Å². The highest BCUT2D eigenvalue weighted by molar-refractivity contribution is 6.01. The van der Waals surface area contributed by atoms with Gasteiger partial charge in [-0.1, -0.05) is 32.8 Å². The number of hydrogen-bond donors (Lipinski definition) is 1. The highest BCUT2D eigenvalue weighted by Crippen LogP contribution is 2.71. The van der Waals surface area contributed by atoms with Crippen LogP contribution in [0.15, 0.2) is 23.8 Å². The van der Waals surface area contributed by atoms with Crippen molar-refractivity contribution in [3.8, 4) is 0 Å². The predicted octanol–water partition coefficient (Wildman–Crippen LogP) is 4.49. The third kappa shape index (κ3) is 3.31. The summed E-state index contributed by atoms with van der Waals surface area (Å²) in [4.78, 5) is 38.8. The monoisotopic (exact) mass is 524 g/mol. The molecule has 4 saturated carbocycles. The molecule has 9 atom stereocenters. The van der Waals surface area contributed by atoms with Gasteiger partial charge in [0.15, 0.2) is 11.5 Å². The normalized spacial score (nSPS) is 47.1. The first-order chi connectivity index (χ1) is 17.4. The molecule has 37 heavy (non-hydrogen) atoms. The number of ketones is 1. The summed E-state index contributed by atoms with van der Waals surface area (Å²) in [7, 11) is 0. The number of aliphatic hydroxyl groups is 1. The molecule has 0 saturated heterocycles. The smallest absolute Gasteiger partial charge is 0.353 e. The highest BCUT2D eigenvalue weighted by atomic mass is 19.1. The lowest BCUT2D eigenvalue weighted by atomic mass is 9.44. The summed E-state index contributed by atoms with van der Waals surface area (Å²) >= 11 is 0.